The van der Waals surface area contributed by atoms with Crippen molar-refractivity contribution in [3.8, 4) is 0 Å². The Morgan fingerprint density at radius 1 is 1.40 bits per heavy atom. The minimum absolute atomic E-state index is 0.0894. The normalized spacial score (nSPS) is 36.2. The van der Waals surface area contributed by atoms with Crippen LogP contribution in [0, 0.1) is 17.8 Å². The molecule has 6 heteroatoms. The first-order chi connectivity index (χ1) is 9.53. The third-order valence-corrected chi connectivity index (χ3v) is 4.87. The molecule has 0 aromatic carbocycles. The lowest BCUT2D eigenvalue weighted by molar-refractivity contribution is -0.149. The minimum Gasteiger partial charge on any atom is -0.469 e. The monoisotopic (exact) mass is 284 g/mol. The van der Waals surface area contributed by atoms with Gasteiger partial charge in [-0.25, -0.2) is 4.79 Å². The van der Waals surface area contributed by atoms with E-state index in [1.807, 2.05) is 0 Å². The fourth-order valence-corrected chi connectivity index (χ4v) is 3.77. The molecule has 1 aliphatic carbocycles. The lowest BCUT2D eigenvalue weighted by atomic mass is 9.79. The summed E-state index contributed by atoms with van der Waals surface area (Å²) in [5.41, 5.74) is 0. The molecule has 20 heavy (non-hydrogen) atoms. The number of nitrogens with one attached hydrogen (secondary N) is 2. The number of urea groups is 1. The van der Waals surface area contributed by atoms with Crippen molar-refractivity contribution in [3.63, 3.8) is 0 Å². The molecule has 0 radical (unpaired) electrons. The SMILES string of the molecule is CCC(CC)[C@@H]1NC(=O)N[C@@H]2C[C@H](C(=O)OC)[C@@H](O)[C@@H]21. The van der Waals surface area contributed by atoms with Gasteiger partial charge in [0.2, 0.25) is 0 Å². The molecule has 3 N–H and O–H groups in total. The predicted octanol–water partition coefficient (Wildman–Crippen LogP) is 0.643. The van der Waals surface area contributed by atoms with Crippen molar-refractivity contribution in [2.45, 2.75) is 51.3 Å². The molecule has 1 heterocycles. The molecule has 0 aromatic heterocycles. The van der Waals surface area contributed by atoms with Crippen LogP contribution in [0.4, 0.5) is 4.79 Å². The second-order valence-electron chi connectivity index (χ2n) is 5.76. The summed E-state index contributed by atoms with van der Waals surface area (Å²) < 4.78 is 4.75. The zero-order chi connectivity index (χ0) is 14.9. The molecule has 2 amide bonds. The van der Waals surface area contributed by atoms with Crippen LogP contribution in [-0.4, -0.2) is 42.4 Å². The largest absolute Gasteiger partial charge is 0.469 e. The summed E-state index contributed by atoms with van der Waals surface area (Å²) in [6.07, 6.45) is 1.54. The van der Waals surface area contributed by atoms with Gasteiger partial charge in [0.15, 0.2) is 0 Å². The van der Waals surface area contributed by atoms with E-state index in [4.69, 9.17) is 4.74 Å². The number of aliphatic hydroxyl groups excluding tert-OH is 1. The van der Waals surface area contributed by atoms with E-state index < -0.39 is 18.0 Å². The third kappa shape index (κ3) is 2.49. The average Bonchev–Trinajstić information content (AvgIpc) is 2.76. The van der Waals surface area contributed by atoms with Crippen LogP contribution >= 0.6 is 0 Å². The Balaban J connectivity index is 2.23. The van der Waals surface area contributed by atoms with Crippen molar-refractivity contribution in [1.82, 2.24) is 10.6 Å². The summed E-state index contributed by atoms with van der Waals surface area (Å²) in [5, 5.41) is 16.3. The smallest absolute Gasteiger partial charge is 0.315 e. The maximum absolute atomic E-state index is 11.8. The van der Waals surface area contributed by atoms with Gasteiger partial charge < -0.3 is 20.5 Å². The Hall–Kier alpha value is -1.30. The molecule has 2 fully saturated rings. The number of hydrogen-bond donors (Lipinski definition) is 3. The summed E-state index contributed by atoms with van der Waals surface area (Å²) >= 11 is 0. The Labute approximate surface area is 119 Å². The quantitative estimate of drug-likeness (QED) is 0.661. The van der Waals surface area contributed by atoms with Gasteiger partial charge in [0.1, 0.15) is 0 Å². The molecule has 6 nitrogen and oxygen atoms in total. The van der Waals surface area contributed by atoms with E-state index in [1.165, 1.54) is 7.11 Å². The van der Waals surface area contributed by atoms with E-state index in [2.05, 4.69) is 24.5 Å². The molecule has 114 valence electrons. The van der Waals surface area contributed by atoms with E-state index in [9.17, 15) is 14.7 Å². The number of esters is 1. The zero-order valence-corrected chi connectivity index (χ0v) is 12.3. The molecule has 0 unspecified atom stereocenters. The number of ether oxygens (including phenoxy) is 1. The van der Waals surface area contributed by atoms with Gasteiger partial charge in [-0.1, -0.05) is 26.7 Å². The highest BCUT2D eigenvalue weighted by molar-refractivity contribution is 5.78. The van der Waals surface area contributed by atoms with Gasteiger partial charge in [0.05, 0.1) is 19.1 Å². The first-order valence-corrected chi connectivity index (χ1v) is 7.36. The second kappa shape index (κ2) is 5.99. The Morgan fingerprint density at radius 2 is 2.05 bits per heavy atom. The fourth-order valence-electron chi connectivity index (χ4n) is 3.77. The summed E-state index contributed by atoms with van der Waals surface area (Å²) in [6, 6.07) is -0.456. The van der Waals surface area contributed by atoms with Gasteiger partial charge in [-0.2, -0.15) is 0 Å². The highest BCUT2D eigenvalue weighted by atomic mass is 16.5. The second-order valence-corrected chi connectivity index (χ2v) is 5.76. The Morgan fingerprint density at radius 3 is 2.60 bits per heavy atom. The van der Waals surface area contributed by atoms with Crippen molar-refractivity contribution in [2.24, 2.45) is 17.8 Å². The number of carbonyl (C=O) groups is 2. The maximum Gasteiger partial charge on any atom is 0.315 e. The molecule has 0 bridgehead atoms. The Kier molecular flexibility index (Phi) is 4.52. The first-order valence-electron chi connectivity index (χ1n) is 7.36. The van der Waals surface area contributed by atoms with Crippen LogP contribution in [0.5, 0.6) is 0 Å². The number of fused-ring (bicyclic) bond motifs is 1. The van der Waals surface area contributed by atoms with Gasteiger partial charge in [0, 0.05) is 18.0 Å². The number of hydrogen-bond acceptors (Lipinski definition) is 4. The highest BCUT2D eigenvalue weighted by Crippen LogP contribution is 2.39. The average molecular weight is 284 g/mol. The maximum atomic E-state index is 11.8. The van der Waals surface area contributed by atoms with Crippen molar-refractivity contribution < 1.29 is 19.4 Å². The van der Waals surface area contributed by atoms with Crippen molar-refractivity contribution in [1.29, 1.82) is 0 Å². The molecule has 1 aliphatic heterocycles. The van der Waals surface area contributed by atoms with Crippen LogP contribution in [-0.2, 0) is 9.53 Å². The first kappa shape index (κ1) is 15.1. The molecular formula is C14H24N2O4. The molecular weight excluding hydrogens is 260 g/mol. The molecule has 5 atom stereocenters. The number of methoxy groups -OCH3 is 1. The summed E-state index contributed by atoms with van der Waals surface area (Å²) in [7, 11) is 1.33. The minimum atomic E-state index is -0.772. The van der Waals surface area contributed by atoms with E-state index >= 15 is 0 Å². The number of carbonyl (C=O) groups excluding carboxylic acids is 2. The standard InChI is InChI=1S/C14H24N2O4/c1-4-7(5-2)11-10-9(15-14(19)16-11)6-8(12(10)17)13(18)20-3/h7-12,17H,4-6H2,1-3H3,(H2,15,16,19)/t8-,9+,10-,11-,12+/m0/s1. The van der Waals surface area contributed by atoms with Crippen molar-refractivity contribution >= 4 is 12.0 Å². The van der Waals surface area contributed by atoms with Gasteiger partial charge in [-0.15, -0.1) is 0 Å². The Bertz CT molecular complexity index is 383. The van der Waals surface area contributed by atoms with Crippen molar-refractivity contribution in [2.75, 3.05) is 7.11 Å². The molecule has 0 spiro atoms. The van der Waals surface area contributed by atoms with Gasteiger partial charge in [-0.05, 0) is 12.3 Å². The topological polar surface area (TPSA) is 87.7 Å². The molecule has 2 rings (SSSR count). The summed E-state index contributed by atoms with van der Waals surface area (Å²) in [4.78, 5) is 23.5. The molecule has 1 saturated carbocycles. The lowest BCUT2D eigenvalue weighted by Gasteiger charge is -2.40. The number of rotatable bonds is 4. The van der Waals surface area contributed by atoms with Gasteiger partial charge in [0.25, 0.3) is 0 Å². The summed E-state index contributed by atoms with van der Waals surface area (Å²) in [6.45, 7) is 4.16. The molecule has 0 aromatic rings. The van der Waals surface area contributed by atoms with Gasteiger partial charge in [-0.3, -0.25) is 4.79 Å². The van der Waals surface area contributed by atoms with Crippen LogP contribution in [0.25, 0.3) is 0 Å². The van der Waals surface area contributed by atoms with Gasteiger partial charge >= 0.3 is 12.0 Å². The summed E-state index contributed by atoms with van der Waals surface area (Å²) in [5.74, 6) is -0.780. The van der Waals surface area contributed by atoms with E-state index in [-0.39, 0.29) is 24.0 Å². The fraction of sp³-hybridized carbons (Fsp3) is 0.857. The van der Waals surface area contributed by atoms with Crippen LogP contribution in [0.1, 0.15) is 33.1 Å². The lowest BCUT2D eigenvalue weighted by Crippen LogP contribution is -2.62. The van der Waals surface area contributed by atoms with E-state index in [0.717, 1.165) is 12.8 Å². The number of amides is 2. The zero-order valence-electron chi connectivity index (χ0n) is 12.3. The highest BCUT2D eigenvalue weighted by Gasteiger charge is 2.53. The third-order valence-electron chi connectivity index (χ3n) is 4.87. The number of aliphatic hydroxyl groups is 1. The van der Waals surface area contributed by atoms with Crippen LogP contribution in [0.3, 0.4) is 0 Å². The van der Waals surface area contributed by atoms with Crippen molar-refractivity contribution in [3.05, 3.63) is 0 Å². The van der Waals surface area contributed by atoms with E-state index in [0.29, 0.717) is 12.3 Å². The predicted molar refractivity (Wildman–Crippen MR) is 72.9 cm³/mol. The van der Waals surface area contributed by atoms with E-state index in [1.54, 1.807) is 0 Å². The van der Waals surface area contributed by atoms with Crippen LogP contribution in [0.2, 0.25) is 0 Å². The molecule has 2 aliphatic rings. The van der Waals surface area contributed by atoms with Crippen LogP contribution in [0.15, 0.2) is 0 Å². The molecule has 1 saturated heterocycles. The van der Waals surface area contributed by atoms with Crippen LogP contribution < -0.4 is 10.6 Å².